The van der Waals surface area contributed by atoms with Gasteiger partial charge in [0.15, 0.2) is 0 Å². The SMILES string of the molecule is COc1cccc(CC2Nc3ccccc3CC2C)c1. The minimum absolute atomic E-state index is 0.483. The van der Waals surface area contributed by atoms with Gasteiger partial charge in [-0.1, -0.05) is 37.3 Å². The van der Waals surface area contributed by atoms with Crippen molar-refractivity contribution in [2.24, 2.45) is 5.92 Å². The molecule has 0 bridgehead atoms. The third-order valence-electron chi connectivity index (χ3n) is 4.18. The largest absolute Gasteiger partial charge is 0.497 e. The third-order valence-corrected chi connectivity index (χ3v) is 4.18. The zero-order valence-electron chi connectivity index (χ0n) is 12.1. The number of benzene rings is 2. The molecule has 0 saturated carbocycles. The Kier molecular flexibility index (Phi) is 3.64. The molecule has 20 heavy (non-hydrogen) atoms. The van der Waals surface area contributed by atoms with Crippen LogP contribution in [0.4, 0.5) is 5.69 Å². The first-order chi connectivity index (χ1) is 9.76. The van der Waals surface area contributed by atoms with E-state index in [0.717, 1.165) is 18.6 Å². The van der Waals surface area contributed by atoms with Gasteiger partial charge in [-0.05, 0) is 48.1 Å². The molecule has 2 unspecified atom stereocenters. The molecular weight excluding hydrogens is 246 g/mol. The highest BCUT2D eigenvalue weighted by molar-refractivity contribution is 5.54. The van der Waals surface area contributed by atoms with E-state index in [1.54, 1.807) is 7.11 Å². The number of hydrogen-bond acceptors (Lipinski definition) is 2. The summed E-state index contributed by atoms with van der Waals surface area (Å²) in [4.78, 5) is 0. The van der Waals surface area contributed by atoms with Crippen LogP contribution in [-0.2, 0) is 12.8 Å². The monoisotopic (exact) mass is 267 g/mol. The molecule has 0 saturated heterocycles. The zero-order chi connectivity index (χ0) is 13.9. The number of para-hydroxylation sites is 1. The molecule has 0 amide bonds. The van der Waals surface area contributed by atoms with Crippen LogP contribution in [0.1, 0.15) is 18.1 Å². The maximum atomic E-state index is 5.31. The Morgan fingerprint density at radius 1 is 1.15 bits per heavy atom. The fourth-order valence-electron chi connectivity index (χ4n) is 2.98. The summed E-state index contributed by atoms with van der Waals surface area (Å²) in [6, 6.07) is 17.5. The number of rotatable bonds is 3. The predicted octanol–water partition coefficient (Wildman–Crippen LogP) is 3.91. The summed E-state index contributed by atoms with van der Waals surface area (Å²) in [6.45, 7) is 2.33. The van der Waals surface area contributed by atoms with E-state index >= 15 is 0 Å². The number of methoxy groups -OCH3 is 1. The molecule has 2 aromatic carbocycles. The molecule has 1 aliphatic heterocycles. The van der Waals surface area contributed by atoms with E-state index in [0.29, 0.717) is 12.0 Å². The number of hydrogen-bond donors (Lipinski definition) is 1. The molecule has 1 heterocycles. The van der Waals surface area contributed by atoms with Crippen molar-refractivity contribution >= 4 is 5.69 Å². The minimum Gasteiger partial charge on any atom is -0.497 e. The number of anilines is 1. The van der Waals surface area contributed by atoms with E-state index in [2.05, 4.69) is 54.7 Å². The van der Waals surface area contributed by atoms with Crippen LogP contribution in [0.25, 0.3) is 0 Å². The molecule has 3 rings (SSSR count). The third kappa shape index (κ3) is 2.64. The molecule has 2 nitrogen and oxygen atoms in total. The number of nitrogens with one attached hydrogen (secondary N) is 1. The highest BCUT2D eigenvalue weighted by Crippen LogP contribution is 2.30. The Morgan fingerprint density at radius 3 is 2.85 bits per heavy atom. The summed E-state index contributed by atoms with van der Waals surface area (Å²) in [7, 11) is 1.72. The van der Waals surface area contributed by atoms with Gasteiger partial charge in [-0.25, -0.2) is 0 Å². The molecule has 2 atom stereocenters. The molecule has 0 fully saturated rings. The van der Waals surface area contributed by atoms with Crippen molar-refractivity contribution in [3.63, 3.8) is 0 Å². The van der Waals surface area contributed by atoms with Gasteiger partial charge in [0.1, 0.15) is 5.75 Å². The molecule has 1 N–H and O–H groups in total. The van der Waals surface area contributed by atoms with Crippen LogP contribution < -0.4 is 10.1 Å². The summed E-state index contributed by atoms with van der Waals surface area (Å²) >= 11 is 0. The second-order valence-corrected chi connectivity index (χ2v) is 5.65. The summed E-state index contributed by atoms with van der Waals surface area (Å²) < 4.78 is 5.31. The van der Waals surface area contributed by atoms with E-state index in [9.17, 15) is 0 Å². The fourth-order valence-corrected chi connectivity index (χ4v) is 2.98. The highest BCUT2D eigenvalue weighted by Gasteiger charge is 2.24. The topological polar surface area (TPSA) is 21.3 Å². The van der Waals surface area contributed by atoms with Crippen molar-refractivity contribution in [3.05, 3.63) is 59.7 Å². The van der Waals surface area contributed by atoms with E-state index in [-0.39, 0.29) is 0 Å². The van der Waals surface area contributed by atoms with E-state index in [1.807, 2.05) is 6.07 Å². The smallest absolute Gasteiger partial charge is 0.119 e. The van der Waals surface area contributed by atoms with Gasteiger partial charge in [-0.3, -0.25) is 0 Å². The van der Waals surface area contributed by atoms with Crippen LogP contribution in [0.5, 0.6) is 5.75 Å². The van der Waals surface area contributed by atoms with Crippen molar-refractivity contribution in [2.45, 2.75) is 25.8 Å². The van der Waals surface area contributed by atoms with Gasteiger partial charge < -0.3 is 10.1 Å². The maximum absolute atomic E-state index is 5.31. The second kappa shape index (κ2) is 5.58. The first-order valence-corrected chi connectivity index (χ1v) is 7.23. The van der Waals surface area contributed by atoms with Gasteiger partial charge in [0.25, 0.3) is 0 Å². The first kappa shape index (κ1) is 13.0. The van der Waals surface area contributed by atoms with Crippen LogP contribution in [0, 0.1) is 5.92 Å². The normalized spacial score (nSPS) is 20.9. The number of ether oxygens (including phenoxy) is 1. The predicted molar refractivity (Wildman–Crippen MR) is 83.4 cm³/mol. The lowest BCUT2D eigenvalue weighted by Gasteiger charge is -2.33. The second-order valence-electron chi connectivity index (χ2n) is 5.65. The quantitative estimate of drug-likeness (QED) is 0.910. The van der Waals surface area contributed by atoms with E-state index < -0.39 is 0 Å². The van der Waals surface area contributed by atoms with Crippen LogP contribution in [0.3, 0.4) is 0 Å². The minimum atomic E-state index is 0.483. The molecule has 0 aromatic heterocycles. The lowest BCUT2D eigenvalue weighted by atomic mass is 9.85. The molecule has 2 aromatic rings. The molecule has 1 aliphatic rings. The van der Waals surface area contributed by atoms with Gasteiger partial charge in [-0.2, -0.15) is 0 Å². The molecule has 104 valence electrons. The molecule has 2 heteroatoms. The Morgan fingerprint density at radius 2 is 2.00 bits per heavy atom. The van der Waals surface area contributed by atoms with Crippen molar-refractivity contribution in [3.8, 4) is 5.75 Å². The average molecular weight is 267 g/mol. The van der Waals surface area contributed by atoms with Gasteiger partial charge in [-0.15, -0.1) is 0 Å². The Hall–Kier alpha value is -1.96. The summed E-state index contributed by atoms with van der Waals surface area (Å²) in [5.41, 5.74) is 4.05. The van der Waals surface area contributed by atoms with Gasteiger partial charge in [0, 0.05) is 11.7 Å². The zero-order valence-corrected chi connectivity index (χ0v) is 12.1. The van der Waals surface area contributed by atoms with Crippen molar-refractivity contribution in [1.29, 1.82) is 0 Å². The van der Waals surface area contributed by atoms with Gasteiger partial charge in [0.05, 0.1) is 7.11 Å². The lowest BCUT2D eigenvalue weighted by molar-refractivity contribution is 0.413. The van der Waals surface area contributed by atoms with Crippen molar-refractivity contribution in [2.75, 3.05) is 12.4 Å². The van der Waals surface area contributed by atoms with Crippen LogP contribution in [-0.4, -0.2) is 13.2 Å². The summed E-state index contributed by atoms with van der Waals surface area (Å²) in [5.74, 6) is 1.57. The van der Waals surface area contributed by atoms with Crippen molar-refractivity contribution in [1.82, 2.24) is 0 Å². The highest BCUT2D eigenvalue weighted by atomic mass is 16.5. The Labute approximate surface area is 120 Å². The van der Waals surface area contributed by atoms with Crippen LogP contribution >= 0.6 is 0 Å². The first-order valence-electron chi connectivity index (χ1n) is 7.23. The molecule has 0 radical (unpaired) electrons. The molecular formula is C18H21NO. The lowest BCUT2D eigenvalue weighted by Crippen LogP contribution is -2.35. The molecule has 0 aliphatic carbocycles. The summed E-state index contributed by atoms with van der Waals surface area (Å²) in [6.07, 6.45) is 2.19. The van der Waals surface area contributed by atoms with Crippen LogP contribution in [0.15, 0.2) is 48.5 Å². The van der Waals surface area contributed by atoms with Gasteiger partial charge >= 0.3 is 0 Å². The Bertz CT molecular complexity index is 593. The fraction of sp³-hybridized carbons (Fsp3) is 0.333. The average Bonchev–Trinajstić information content (AvgIpc) is 2.48. The standard InChI is InChI=1S/C18H21NO/c1-13-10-15-7-3-4-9-17(15)19-18(13)12-14-6-5-8-16(11-14)20-2/h3-9,11,13,18-19H,10,12H2,1-2H3. The van der Waals surface area contributed by atoms with E-state index in [1.165, 1.54) is 16.8 Å². The van der Waals surface area contributed by atoms with Gasteiger partial charge in [0.2, 0.25) is 0 Å². The number of fused-ring (bicyclic) bond motifs is 1. The van der Waals surface area contributed by atoms with Crippen LogP contribution in [0.2, 0.25) is 0 Å². The maximum Gasteiger partial charge on any atom is 0.119 e. The van der Waals surface area contributed by atoms with Crippen molar-refractivity contribution < 1.29 is 4.74 Å². The molecule has 0 spiro atoms. The summed E-state index contributed by atoms with van der Waals surface area (Å²) in [5, 5.41) is 3.69. The Balaban J connectivity index is 1.78. The van der Waals surface area contributed by atoms with E-state index in [4.69, 9.17) is 4.74 Å².